The Kier molecular flexibility index (Phi) is 6.85. The molecule has 1 amide bonds. The van der Waals surface area contributed by atoms with Gasteiger partial charge in [0.1, 0.15) is 5.76 Å². The van der Waals surface area contributed by atoms with Crippen LogP contribution in [0.2, 0.25) is 0 Å². The largest absolute Gasteiger partial charge is 0.432 e. The summed E-state index contributed by atoms with van der Waals surface area (Å²) in [6.07, 6.45) is 6.42. The topological polar surface area (TPSA) is 46.6 Å². The Hall–Kier alpha value is -2.10. The van der Waals surface area contributed by atoms with E-state index >= 15 is 0 Å². The zero-order chi connectivity index (χ0) is 16.5. The van der Waals surface area contributed by atoms with E-state index in [9.17, 15) is 9.59 Å². The molecule has 1 atom stereocenters. The standard InChI is InChI=1S/C19H25NO3/c1-16(23-15-21)18-12-8-14-20(18)19(22)13-7-3-6-11-17-9-4-2-5-10-17/h2,4-5,9-10,15,18H,1,3,6-8,11-14H2. The Balaban J connectivity index is 1.68. The van der Waals surface area contributed by atoms with Crippen molar-refractivity contribution in [2.75, 3.05) is 6.54 Å². The maximum absolute atomic E-state index is 12.3. The molecule has 0 N–H and O–H groups in total. The van der Waals surface area contributed by atoms with Crippen molar-refractivity contribution in [2.45, 2.75) is 51.0 Å². The Morgan fingerprint density at radius 3 is 2.78 bits per heavy atom. The zero-order valence-electron chi connectivity index (χ0n) is 13.6. The van der Waals surface area contributed by atoms with Crippen molar-refractivity contribution in [3.63, 3.8) is 0 Å². The van der Waals surface area contributed by atoms with Crippen LogP contribution >= 0.6 is 0 Å². The Bertz CT molecular complexity index is 527. The highest BCUT2D eigenvalue weighted by Gasteiger charge is 2.31. The quantitative estimate of drug-likeness (QED) is 0.398. The summed E-state index contributed by atoms with van der Waals surface area (Å²) in [5.74, 6) is 0.526. The molecule has 23 heavy (non-hydrogen) atoms. The SMILES string of the molecule is C=C(OC=O)C1CCCN1C(=O)CCCCCc1ccccc1. The van der Waals surface area contributed by atoms with Crippen LogP contribution in [0, 0.1) is 0 Å². The molecule has 1 aliphatic rings. The minimum Gasteiger partial charge on any atom is -0.432 e. The van der Waals surface area contributed by atoms with E-state index in [2.05, 4.69) is 30.8 Å². The van der Waals surface area contributed by atoms with Gasteiger partial charge in [0.05, 0.1) is 6.04 Å². The number of nitrogens with zero attached hydrogens (tertiary/aromatic N) is 1. The van der Waals surface area contributed by atoms with E-state index in [1.54, 1.807) is 0 Å². The van der Waals surface area contributed by atoms with E-state index in [1.165, 1.54) is 5.56 Å². The summed E-state index contributed by atoms with van der Waals surface area (Å²) < 4.78 is 4.83. The van der Waals surface area contributed by atoms with Crippen LogP contribution in [0.4, 0.5) is 0 Å². The molecule has 0 saturated carbocycles. The number of aryl methyl sites for hydroxylation is 1. The van der Waals surface area contributed by atoms with Crippen molar-refractivity contribution in [3.8, 4) is 0 Å². The van der Waals surface area contributed by atoms with Gasteiger partial charge < -0.3 is 9.64 Å². The van der Waals surface area contributed by atoms with Crippen molar-refractivity contribution < 1.29 is 14.3 Å². The number of amides is 1. The van der Waals surface area contributed by atoms with E-state index in [-0.39, 0.29) is 11.9 Å². The van der Waals surface area contributed by atoms with E-state index in [4.69, 9.17) is 4.74 Å². The lowest BCUT2D eigenvalue weighted by Gasteiger charge is -2.25. The molecule has 1 aromatic carbocycles. The Morgan fingerprint density at radius 1 is 1.26 bits per heavy atom. The summed E-state index contributed by atoms with van der Waals surface area (Å²) in [7, 11) is 0. The lowest BCUT2D eigenvalue weighted by atomic mass is 10.1. The average Bonchev–Trinajstić information content (AvgIpc) is 3.05. The molecule has 1 aliphatic heterocycles. The highest BCUT2D eigenvalue weighted by molar-refractivity contribution is 5.77. The summed E-state index contributed by atoms with van der Waals surface area (Å²) in [5, 5.41) is 0. The number of hydrogen-bond donors (Lipinski definition) is 0. The first kappa shape index (κ1) is 17.3. The van der Waals surface area contributed by atoms with Gasteiger partial charge in [-0.15, -0.1) is 0 Å². The van der Waals surface area contributed by atoms with Crippen molar-refractivity contribution in [2.24, 2.45) is 0 Å². The van der Waals surface area contributed by atoms with Crippen LogP contribution in [0.15, 0.2) is 42.7 Å². The Morgan fingerprint density at radius 2 is 2.04 bits per heavy atom. The number of likely N-dealkylation sites (tertiary alicyclic amines) is 1. The fourth-order valence-corrected chi connectivity index (χ4v) is 3.11. The molecule has 124 valence electrons. The van der Waals surface area contributed by atoms with Crippen LogP contribution in [-0.4, -0.2) is 29.9 Å². The molecule has 0 radical (unpaired) electrons. The minimum absolute atomic E-state index is 0.142. The van der Waals surface area contributed by atoms with Gasteiger partial charge in [-0.2, -0.15) is 0 Å². The van der Waals surface area contributed by atoms with E-state index in [0.29, 0.717) is 18.7 Å². The second kappa shape index (κ2) is 9.13. The molecule has 1 unspecified atom stereocenters. The van der Waals surface area contributed by atoms with Gasteiger partial charge in [0, 0.05) is 13.0 Å². The van der Waals surface area contributed by atoms with Gasteiger partial charge in [0.15, 0.2) is 0 Å². The Labute approximate surface area is 138 Å². The van der Waals surface area contributed by atoms with Gasteiger partial charge in [-0.1, -0.05) is 43.3 Å². The van der Waals surface area contributed by atoms with Crippen LogP contribution in [0.3, 0.4) is 0 Å². The second-order valence-corrected chi connectivity index (χ2v) is 5.97. The van der Waals surface area contributed by atoms with Gasteiger partial charge in [-0.3, -0.25) is 9.59 Å². The molecule has 1 fully saturated rings. The van der Waals surface area contributed by atoms with E-state index < -0.39 is 0 Å². The fraction of sp³-hybridized carbons (Fsp3) is 0.474. The molecule has 4 heteroatoms. The summed E-state index contributed by atoms with van der Waals surface area (Å²) in [4.78, 5) is 24.6. The number of carbonyl (C=O) groups is 2. The van der Waals surface area contributed by atoms with Crippen molar-refractivity contribution in [3.05, 3.63) is 48.2 Å². The minimum atomic E-state index is -0.142. The fourth-order valence-electron chi connectivity index (χ4n) is 3.11. The van der Waals surface area contributed by atoms with Crippen LogP contribution in [0.1, 0.15) is 44.1 Å². The third kappa shape index (κ3) is 5.23. The molecule has 2 rings (SSSR count). The van der Waals surface area contributed by atoms with Gasteiger partial charge in [0.25, 0.3) is 6.47 Å². The van der Waals surface area contributed by atoms with Gasteiger partial charge in [0.2, 0.25) is 5.91 Å². The number of hydrogen-bond acceptors (Lipinski definition) is 3. The van der Waals surface area contributed by atoms with Crippen molar-refractivity contribution in [1.29, 1.82) is 0 Å². The lowest BCUT2D eigenvalue weighted by molar-refractivity contribution is -0.134. The smallest absolute Gasteiger partial charge is 0.298 e. The summed E-state index contributed by atoms with van der Waals surface area (Å²) in [5.41, 5.74) is 1.35. The normalized spacial score (nSPS) is 17.0. The first-order valence-electron chi connectivity index (χ1n) is 8.35. The first-order chi connectivity index (χ1) is 11.2. The number of unbranched alkanes of at least 4 members (excludes halogenated alkanes) is 2. The monoisotopic (exact) mass is 315 g/mol. The molecule has 1 saturated heterocycles. The van der Waals surface area contributed by atoms with Crippen LogP contribution in [-0.2, 0) is 20.7 Å². The predicted octanol–water partition coefficient (Wildman–Crippen LogP) is 3.47. The number of rotatable bonds is 9. The van der Waals surface area contributed by atoms with Crippen molar-refractivity contribution in [1.82, 2.24) is 4.90 Å². The molecular weight excluding hydrogens is 290 g/mol. The van der Waals surface area contributed by atoms with Gasteiger partial charge >= 0.3 is 0 Å². The van der Waals surface area contributed by atoms with E-state index in [1.807, 2.05) is 11.0 Å². The maximum Gasteiger partial charge on any atom is 0.298 e. The molecule has 1 heterocycles. The van der Waals surface area contributed by atoms with Gasteiger partial charge in [-0.05, 0) is 37.7 Å². The molecule has 0 bridgehead atoms. The summed E-state index contributed by atoms with van der Waals surface area (Å²) in [6, 6.07) is 10.3. The average molecular weight is 315 g/mol. The molecule has 0 aliphatic carbocycles. The zero-order valence-corrected chi connectivity index (χ0v) is 13.6. The second-order valence-electron chi connectivity index (χ2n) is 5.97. The van der Waals surface area contributed by atoms with Crippen LogP contribution in [0.5, 0.6) is 0 Å². The van der Waals surface area contributed by atoms with Crippen LogP contribution in [0.25, 0.3) is 0 Å². The predicted molar refractivity (Wildman–Crippen MR) is 89.6 cm³/mol. The highest BCUT2D eigenvalue weighted by Crippen LogP contribution is 2.24. The number of benzene rings is 1. The molecule has 0 aromatic heterocycles. The summed E-state index contributed by atoms with van der Waals surface area (Å²) in [6.45, 7) is 4.87. The number of ether oxygens (including phenoxy) is 1. The summed E-state index contributed by atoms with van der Waals surface area (Å²) >= 11 is 0. The van der Waals surface area contributed by atoms with Crippen LogP contribution < -0.4 is 0 Å². The third-order valence-corrected chi connectivity index (χ3v) is 4.34. The first-order valence-corrected chi connectivity index (χ1v) is 8.35. The molecular formula is C19H25NO3. The maximum atomic E-state index is 12.3. The van der Waals surface area contributed by atoms with E-state index in [0.717, 1.165) is 45.1 Å². The van der Waals surface area contributed by atoms with Gasteiger partial charge in [-0.25, -0.2) is 0 Å². The molecule has 0 spiro atoms. The number of carbonyl (C=O) groups excluding carboxylic acids is 2. The molecule has 4 nitrogen and oxygen atoms in total. The third-order valence-electron chi connectivity index (χ3n) is 4.34. The highest BCUT2D eigenvalue weighted by atomic mass is 16.5. The lowest BCUT2D eigenvalue weighted by Crippen LogP contribution is -2.36. The van der Waals surface area contributed by atoms with Crippen molar-refractivity contribution >= 4 is 12.4 Å². The molecule has 1 aromatic rings.